The number of hydrogen-bond acceptors (Lipinski definition) is 4. The van der Waals surface area contributed by atoms with E-state index in [1.54, 1.807) is 6.92 Å². The molecule has 5 heteroatoms. The topological polar surface area (TPSA) is 76.2 Å². The molecule has 0 aromatic carbocycles. The average Bonchev–Trinajstić information content (AvgIpc) is 2.95. The van der Waals surface area contributed by atoms with E-state index in [4.69, 9.17) is 9.63 Å². The molecule has 5 nitrogen and oxygen atoms in total. The van der Waals surface area contributed by atoms with Gasteiger partial charge in [-0.15, -0.1) is 0 Å². The minimum Gasteiger partial charge on any atom is -0.481 e. The Morgan fingerprint density at radius 2 is 2.17 bits per heavy atom. The summed E-state index contributed by atoms with van der Waals surface area (Å²) in [5.74, 6) is 0.690. The highest BCUT2D eigenvalue weighted by Crippen LogP contribution is 2.37. The molecule has 0 bridgehead atoms. The van der Waals surface area contributed by atoms with Crippen LogP contribution in [-0.4, -0.2) is 21.2 Å². The van der Waals surface area contributed by atoms with Crippen molar-refractivity contribution in [2.45, 2.75) is 51.9 Å². The first-order chi connectivity index (χ1) is 8.49. The molecule has 1 saturated carbocycles. The molecule has 1 aliphatic carbocycles. The van der Waals surface area contributed by atoms with Gasteiger partial charge in [-0.05, 0) is 25.2 Å². The van der Waals surface area contributed by atoms with Gasteiger partial charge in [0.1, 0.15) is 0 Å². The van der Waals surface area contributed by atoms with Crippen LogP contribution in [0.4, 0.5) is 0 Å². The Balaban J connectivity index is 2.08. The van der Waals surface area contributed by atoms with Crippen molar-refractivity contribution in [3.63, 3.8) is 0 Å². The van der Waals surface area contributed by atoms with Gasteiger partial charge in [0.2, 0.25) is 5.89 Å². The van der Waals surface area contributed by atoms with Crippen LogP contribution in [0.25, 0.3) is 0 Å². The normalized spacial score (nSPS) is 27.1. The van der Waals surface area contributed by atoms with Gasteiger partial charge in [0.25, 0.3) is 0 Å². The molecule has 4 atom stereocenters. The summed E-state index contributed by atoms with van der Waals surface area (Å²) in [5, 5.41) is 13.0. The fraction of sp³-hybridized carbons (Fsp3) is 0.769. The highest BCUT2D eigenvalue weighted by atomic mass is 16.5. The second-order valence-electron chi connectivity index (χ2n) is 5.52. The fourth-order valence-corrected chi connectivity index (χ4v) is 2.47. The lowest BCUT2D eigenvalue weighted by molar-refractivity contribution is -0.141. The van der Waals surface area contributed by atoms with E-state index in [0.717, 1.165) is 18.7 Å². The third-order valence-corrected chi connectivity index (χ3v) is 4.05. The van der Waals surface area contributed by atoms with E-state index in [1.165, 1.54) is 6.42 Å². The van der Waals surface area contributed by atoms with Gasteiger partial charge in [-0.3, -0.25) is 4.79 Å². The molecule has 4 unspecified atom stereocenters. The Bertz CT molecular complexity index is 430. The summed E-state index contributed by atoms with van der Waals surface area (Å²) in [7, 11) is 0. The van der Waals surface area contributed by atoms with E-state index in [0.29, 0.717) is 17.7 Å². The third-order valence-electron chi connectivity index (χ3n) is 4.05. The van der Waals surface area contributed by atoms with Crippen molar-refractivity contribution in [3.8, 4) is 0 Å². The van der Waals surface area contributed by atoms with Crippen LogP contribution >= 0.6 is 0 Å². The van der Waals surface area contributed by atoms with Gasteiger partial charge in [-0.25, -0.2) is 0 Å². The Labute approximate surface area is 107 Å². The van der Waals surface area contributed by atoms with Gasteiger partial charge >= 0.3 is 5.97 Å². The summed E-state index contributed by atoms with van der Waals surface area (Å²) in [4.78, 5) is 15.3. The SMILES string of the molecule is CC1CCC(c2noc(C(C)C(C)C(=O)O)n2)C1. The average molecular weight is 252 g/mol. The minimum atomic E-state index is -0.836. The highest BCUT2D eigenvalue weighted by Gasteiger charge is 2.30. The number of rotatable bonds is 4. The standard InChI is InChI=1S/C13H20N2O3/c1-7-4-5-10(6-7)11-14-12(18-15-11)8(2)9(3)13(16)17/h7-10H,4-6H2,1-3H3,(H,16,17). The summed E-state index contributed by atoms with van der Waals surface area (Å²) < 4.78 is 5.22. The Kier molecular flexibility index (Phi) is 3.68. The largest absolute Gasteiger partial charge is 0.481 e. The summed E-state index contributed by atoms with van der Waals surface area (Å²) >= 11 is 0. The lowest BCUT2D eigenvalue weighted by Gasteiger charge is -2.10. The van der Waals surface area contributed by atoms with Crippen LogP contribution < -0.4 is 0 Å². The summed E-state index contributed by atoms with van der Waals surface area (Å²) in [6, 6.07) is 0. The number of aliphatic carboxylic acids is 1. The van der Waals surface area contributed by atoms with Gasteiger partial charge in [0, 0.05) is 11.8 Å². The van der Waals surface area contributed by atoms with E-state index >= 15 is 0 Å². The van der Waals surface area contributed by atoms with Crippen molar-refractivity contribution in [1.29, 1.82) is 0 Å². The first-order valence-electron chi connectivity index (χ1n) is 6.55. The summed E-state index contributed by atoms with van der Waals surface area (Å²) in [6.07, 6.45) is 3.40. The van der Waals surface area contributed by atoms with Gasteiger partial charge in [0.05, 0.1) is 5.92 Å². The number of aromatic nitrogens is 2. The van der Waals surface area contributed by atoms with Crippen molar-refractivity contribution >= 4 is 5.97 Å². The molecule has 2 rings (SSSR count). The molecular formula is C13H20N2O3. The maximum absolute atomic E-state index is 10.9. The molecule has 18 heavy (non-hydrogen) atoms. The Morgan fingerprint density at radius 3 is 2.72 bits per heavy atom. The summed E-state index contributed by atoms with van der Waals surface area (Å²) in [6.45, 7) is 5.71. The zero-order valence-electron chi connectivity index (χ0n) is 11.1. The van der Waals surface area contributed by atoms with E-state index in [1.807, 2.05) is 6.92 Å². The molecule has 1 N–H and O–H groups in total. The predicted octanol–water partition coefficient (Wildman–Crippen LogP) is 2.80. The quantitative estimate of drug-likeness (QED) is 0.891. The van der Waals surface area contributed by atoms with Gasteiger partial charge in [0.15, 0.2) is 5.82 Å². The molecule has 1 aromatic heterocycles. The Hall–Kier alpha value is -1.39. The second kappa shape index (κ2) is 5.08. The van der Waals surface area contributed by atoms with Crippen LogP contribution in [-0.2, 0) is 4.79 Å². The van der Waals surface area contributed by atoms with Crippen molar-refractivity contribution in [1.82, 2.24) is 10.1 Å². The van der Waals surface area contributed by atoms with Crippen LogP contribution in [0.15, 0.2) is 4.52 Å². The molecule has 0 saturated heterocycles. The molecule has 0 spiro atoms. The number of carbonyl (C=O) groups is 1. The number of carboxylic acid groups (broad SMARTS) is 1. The van der Waals surface area contributed by atoms with Crippen LogP contribution in [0.5, 0.6) is 0 Å². The zero-order chi connectivity index (χ0) is 13.3. The minimum absolute atomic E-state index is 0.248. The smallest absolute Gasteiger partial charge is 0.307 e. The first-order valence-corrected chi connectivity index (χ1v) is 6.55. The molecular weight excluding hydrogens is 232 g/mol. The predicted molar refractivity (Wildman–Crippen MR) is 65.3 cm³/mol. The molecule has 0 aliphatic heterocycles. The van der Waals surface area contributed by atoms with E-state index in [-0.39, 0.29) is 5.92 Å². The van der Waals surface area contributed by atoms with Crippen LogP contribution in [0.2, 0.25) is 0 Å². The first kappa shape index (κ1) is 13.1. The number of carboxylic acids is 1. The van der Waals surface area contributed by atoms with Gasteiger partial charge in [-0.2, -0.15) is 4.98 Å². The lowest BCUT2D eigenvalue weighted by atomic mass is 9.96. The van der Waals surface area contributed by atoms with Crippen LogP contribution in [0, 0.1) is 11.8 Å². The second-order valence-corrected chi connectivity index (χ2v) is 5.52. The van der Waals surface area contributed by atoms with E-state index < -0.39 is 11.9 Å². The van der Waals surface area contributed by atoms with Gasteiger partial charge < -0.3 is 9.63 Å². The van der Waals surface area contributed by atoms with Crippen LogP contribution in [0.1, 0.15) is 63.6 Å². The number of nitrogens with zero attached hydrogens (tertiary/aromatic N) is 2. The third kappa shape index (κ3) is 2.54. The molecule has 1 aliphatic rings. The van der Waals surface area contributed by atoms with Crippen molar-refractivity contribution in [2.24, 2.45) is 11.8 Å². The molecule has 0 amide bonds. The van der Waals surface area contributed by atoms with Crippen molar-refractivity contribution < 1.29 is 14.4 Å². The summed E-state index contributed by atoms with van der Waals surface area (Å²) in [5.41, 5.74) is 0. The van der Waals surface area contributed by atoms with E-state index in [2.05, 4.69) is 17.1 Å². The molecule has 1 heterocycles. The molecule has 1 aromatic rings. The van der Waals surface area contributed by atoms with Gasteiger partial charge in [-0.1, -0.05) is 25.9 Å². The maximum atomic E-state index is 10.9. The fourth-order valence-electron chi connectivity index (χ4n) is 2.47. The highest BCUT2D eigenvalue weighted by molar-refractivity contribution is 5.70. The molecule has 1 fully saturated rings. The molecule has 100 valence electrons. The number of hydrogen-bond donors (Lipinski definition) is 1. The lowest BCUT2D eigenvalue weighted by Crippen LogP contribution is -2.17. The van der Waals surface area contributed by atoms with Crippen molar-refractivity contribution in [3.05, 3.63) is 11.7 Å². The maximum Gasteiger partial charge on any atom is 0.307 e. The van der Waals surface area contributed by atoms with E-state index in [9.17, 15) is 4.79 Å². The Morgan fingerprint density at radius 1 is 1.44 bits per heavy atom. The monoisotopic (exact) mass is 252 g/mol. The van der Waals surface area contributed by atoms with Crippen molar-refractivity contribution in [2.75, 3.05) is 0 Å². The zero-order valence-corrected chi connectivity index (χ0v) is 11.1. The van der Waals surface area contributed by atoms with Crippen LogP contribution in [0.3, 0.4) is 0 Å². The molecule has 0 radical (unpaired) electrons.